The van der Waals surface area contributed by atoms with E-state index in [0.29, 0.717) is 65.2 Å². The molecular weight excluding hydrogens is 687 g/mol. The van der Waals surface area contributed by atoms with Gasteiger partial charge in [-0.25, -0.2) is 23.1 Å². The van der Waals surface area contributed by atoms with Gasteiger partial charge in [0.15, 0.2) is 12.6 Å². The maximum Gasteiger partial charge on any atom is 0.319 e. The molecule has 0 spiro atoms. The van der Waals surface area contributed by atoms with Crippen molar-refractivity contribution in [3.05, 3.63) is 64.9 Å². The number of alkyl halides is 1. The number of hydrogen-bond donors (Lipinski definition) is 1. The Labute approximate surface area is 305 Å². The molecule has 0 amide bonds. The van der Waals surface area contributed by atoms with Crippen LogP contribution in [0.3, 0.4) is 0 Å². The zero-order valence-electron chi connectivity index (χ0n) is 30.2. The molecule has 2 N–H and O–H groups in total. The van der Waals surface area contributed by atoms with Gasteiger partial charge < -0.3 is 29.6 Å². The van der Waals surface area contributed by atoms with Gasteiger partial charge in [0.1, 0.15) is 59.2 Å². The number of nitrogens with two attached hydrogens (primary N) is 1. The molecule has 0 aliphatic carbocycles. The minimum atomic E-state index is -0.951. The number of benzene rings is 2. The second-order valence-corrected chi connectivity index (χ2v) is 14.2. The molecule has 2 saturated heterocycles. The Bertz CT molecular complexity index is 2220. The Balaban J connectivity index is 1.34. The number of methoxy groups -OCH3 is 1. The Kier molecular flexibility index (Phi) is 9.13. The molecule has 3 atom stereocenters. The van der Waals surface area contributed by atoms with Crippen molar-refractivity contribution >= 4 is 33.3 Å². The summed E-state index contributed by atoms with van der Waals surface area (Å²) in [5.74, 6) is 0.0239. The number of aryl methyl sites for hydroxylation is 2. The molecule has 8 rings (SSSR count). The van der Waals surface area contributed by atoms with Crippen molar-refractivity contribution in [1.29, 1.82) is 0 Å². The lowest BCUT2D eigenvalue weighted by atomic mass is 9.94. The number of anilines is 2. The first-order chi connectivity index (χ1) is 25.6. The van der Waals surface area contributed by atoms with E-state index in [0.717, 1.165) is 30.5 Å². The number of fused-ring (bicyclic) bond motifs is 2. The minimum Gasteiger partial charge on any atom is -0.475 e. The van der Waals surface area contributed by atoms with E-state index in [1.165, 1.54) is 13.2 Å². The number of pyridine rings is 2. The van der Waals surface area contributed by atoms with Crippen LogP contribution in [0.2, 0.25) is 0 Å². The normalized spacial score (nSPS) is 20.4. The van der Waals surface area contributed by atoms with Crippen molar-refractivity contribution in [3.63, 3.8) is 0 Å². The fraction of sp³-hybridized carbons (Fsp3) is 0.436. The molecule has 3 aliphatic heterocycles. The number of nitrogen functional groups attached to an aromatic ring is 1. The largest absolute Gasteiger partial charge is 0.475 e. The van der Waals surface area contributed by atoms with Crippen LogP contribution in [0.5, 0.6) is 17.6 Å². The number of aromatic nitrogens is 4. The van der Waals surface area contributed by atoms with Crippen LogP contribution in [0.25, 0.3) is 32.9 Å². The first-order valence-corrected chi connectivity index (χ1v) is 18.0. The molecule has 53 heavy (non-hydrogen) atoms. The number of nitrogens with zero attached hydrogens (tertiary/aromatic N) is 6. The van der Waals surface area contributed by atoms with Gasteiger partial charge >= 0.3 is 6.01 Å². The first kappa shape index (κ1) is 35.1. The third-order valence-corrected chi connectivity index (χ3v) is 10.9. The smallest absolute Gasteiger partial charge is 0.319 e. The van der Waals surface area contributed by atoms with E-state index in [1.807, 2.05) is 31.7 Å². The number of hydrogen-bond acceptors (Lipinski definition) is 11. The molecule has 0 bridgehead atoms. The van der Waals surface area contributed by atoms with Gasteiger partial charge in [-0.15, -0.1) is 0 Å². The standard InChI is InChI=1S/C39H42F3N7O4/c1-5-26-29(41)8-7-23-14-25(53-20-50-4)15-28(30(23)26)33-32(42)34-31-36(47-38(46-34)52-19-39-9-6-10-48(39)18-24(40)16-39)49(11-12-51-37(31)45-33)22(3)27-13-21(2)17-44-35(27)43/h7-8,13-15,17,22,24H,5-6,9-12,16,18-20H2,1-4H3,(H2,43,44)/t22?,24-,39+/m1/s1. The third kappa shape index (κ3) is 6.11. The van der Waals surface area contributed by atoms with Crippen LogP contribution in [0.15, 0.2) is 36.5 Å². The van der Waals surface area contributed by atoms with Crippen LogP contribution in [0.1, 0.15) is 55.8 Å². The summed E-state index contributed by atoms with van der Waals surface area (Å²) >= 11 is 0. The molecule has 3 aliphatic rings. The molecule has 2 aromatic carbocycles. The van der Waals surface area contributed by atoms with Crippen LogP contribution >= 0.6 is 0 Å². The highest BCUT2D eigenvalue weighted by atomic mass is 19.1. The van der Waals surface area contributed by atoms with Crippen molar-refractivity contribution in [2.45, 2.75) is 64.2 Å². The summed E-state index contributed by atoms with van der Waals surface area (Å²) < 4.78 is 71.1. The monoisotopic (exact) mass is 729 g/mol. The number of ether oxygens (including phenoxy) is 4. The highest BCUT2D eigenvalue weighted by Crippen LogP contribution is 2.45. The summed E-state index contributed by atoms with van der Waals surface area (Å²) in [7, 11) is 1.50. The number of halogens is 3. The Hall–Kier alpha value is -4.95. The van der Waals surface area contributed by atoms with Crippen LogP contribution < -0.4 is 24.8 Å². The van der Waals surface area contributed by atoms with E-state index in [9.17, 15) is 4.39 Å². The predicted octanol–water partition coefficient (Wildman–Crippen LogP) is 6.87. The topological polar surface area (TPSA) is 121 Å². The van der Waals surface area contributed by atoms with Gasteiger partial charge in [-0.05, 0) is 85.8 Å². The molecule has 2 fully saturated rings. The Morgan fingerprint density at radius 1 is 1.09 bits per heavy atom. The molecule has 5 aromatic rings. The summed E-state index contributed by atoms with van der Waals surface area (Å²) in [5, 5.41) is 1.39. The van der Waals surface area contributed by atoms with Crippen LogP contribution in [0.4, 0.5) is 24.8 Å². The molecule has 3 aromatic heterocycles. The number of rotatable bonds is 10. The van der Waals surface area contributed by atoms with E-state index in [4.69, 9.17) is 34.6 Å². The van der Waals surface area contributed by atoms with Gasteiger partial charge in [0.2, 0.25) is 5.88 Å². The van der Waals surface area contributed by atoms with Crippen molar-refractivity contribution in [1.82, 2.24) is 24.8 Å². The van der Waals surface area contributed by atoms with E-state index >= 15 is 8.78 Å². The average Bonchev–Trinajstić information content (AvgIpc) is 3.61. The highest BCUT2D eigenvalue weighted by molar-refractivity contribution is 6.03. The summed E-state index contributed by atoms with van der Waals surface area (Å²) in [6, 6.07) is 7.94. The molecule has 0 radical (unpaired) electrons. The quantitative estimate of drug-likeness (QED) is 0.152. The fourth-order valence-corrected chi connectivity index (χ4v) is 8.37. The zero-order chi connectivity index (χ0) is 37.0. The zero-order valence-corrected chi connectivity index (χ0v) is 30.2. The van der Waals surface area contributed by atoms with Crippen molar-refractivity contribution in [3.8, 4) is 28.9 Å². The van der Waals surface area contributed by atoms with Crippen LogP contribution in [0, 0.1) is 18.6 Å². The maximum absolute atomic E-state index is 17.5. The molecule has 1 unspecified atom stereocenters. The molecule has 6 heterocycles. The molecule has 0 saturated carbocycles. The Morgan fingerprint density at radius 3 is 2.75 bits per heavy atom. The fourth-order valence-electron chi connectivity index (χ4n) is 8.37. The van der Waals surface area contributed by atoms with Crippen LogP contribution in [-0.4, -0.2) is 83.3 Å². The lowest BCUT2D eigenvalue weighted by Gasteiger charge is -2.32. The highest BCUT2D eigenvalue weighted by Gasteiger charge is 2.49. The van der Waals surface area contributed by atoms with E-state index in [1.54, 1.807) is 24.4 Å². The molecule has 14 heteroatoms. The van der Waals surface area contributed by atoms with Gasteiger partial charge in [-0.2, -0.15) is 9.97 Å². The Morgan fingerprint density at radius 2 is 1.94 bits per heavy atom. The summed E-state index contributed by atoms with van der Waals surface area (Å²) in [6.45, 7) is 7.50. The molecule has 278 valence electrons. The van der Waals surface area contributed by atoms with Gasteiger partial charge in [0, 0.05) is 37.4 Å². The van der Waals surface area contributed by atoms with E-state index in [-0.39, 0.29) is 54.5 Å². The van der Waals surface area contributed by atoms with Crippen molar-refractivity contribution < 1.29 is 32.1 Å². The van der Waals surface area contributed by atoms with Crippen molar-refractivity contribution in [2.24, 2.45) is 0 Å². The summed E-state index contributed by atoms with van der Waals surface area (Å²) in [5.41, 5.74) is 8.13. The minimum absolute atomic E-state index is 0.0525. The first-order valence-electron chi connectivity index (χ1n) is 18.0. The average molecular weight is 730 g/mol. The SMILES string of the molecule is CCc1c(F)ccc2cc(OCOC)cc(-c3nc4c5c(nc(OC[C@@]67CCCN6C[C@H](F)C7)nc5c3F)N(C(C)c3cc(C)cnc3N)CCO4)c12. The van der Waals surface area contributed by atoms with Gasteiger partial charge in [-0.1, -0.05) is 13.0 Å². The predicted molar refractivity (Wildman–Crippen MR) is 195 cm³/mol. The summed E-state index contributed by atoms with van der Waals surface area (Å²) in [4.78, 5) is 22.8. The third-order valence-electron chi connectivity index (χ3n) is 10.9. The van der Waals surface area contributed by atoms with Gasteiger partial charge in [0.25, 0.3) is 0 Å². The summed E-state index contributed by atoms with van der Waals surface area (Å²) in [6.07, 6.45) is 3.16. The van der Waals surface area contributed by atoms with Gasteiger partial charge in [-0.3, -0.25) is 4.90 Å². The lowest BCUT2D eigenvalue weighted by Crippen LogP contribution is -2.43. The van der Waals surface area contributed by atoms with E-state index in [2.05, 4.69) is 14.9 Å². The second kappa shape index (κ2) is 13.8. The molecule has 11 nitrogen and oxygen atoms in total. The van der Waals surface area contributed by atoms with Crippen molar-refractivity contribution in [2.75, 3.05) is 57.4 Å². The lowest BCUT2D eigenvalue weighted by molar-refractivity contribution is 0.0512. The van der Waals surface area contributed by atoms with E-state index < -0.39 is 23.3 Å². The second-order valence-electron chi connectivity index (χ2n) is 14.2. The maximum atomic E-state index is 17.5. The molecular formula is C39H42F3N7O4. The van der Waals surface area contributed by atoms with Crippen LogP contribution in [-0.2, 0) is 11.2 Å². The van der Waals surface area contributed by atoms with Gasteiger partial charge in [0.05, 0.1) is 18.1 Å².